The van der Waals surface area contributed by atoms with Crippen LogP contribution in [0.5, 0.6) is 5.75 Å². The van der Waals surface area contributed by atoms with Gasteiger partial charge in [0.15, 0.2) is 0 Å². The predicted octanol–water partition coefficient (Wildman–Crippen LogP) is 2.64. The van der Waals surface area contributed by atoms with Crippen molar-refractivity contribution < 1.29 is 41.0 Å². The number of ketones is 1. The second kappa shape index (κ2) is 5.02. The molecule has 0 aliphatic carbocycles. The number of phenolic OH excluding ortho intramolecular Hbond substituents is 1. The van der Waals surface area contributed by atoms with E-state index in [0.717, 1.165) is 0 Å². The van der Waals surface area contributed by atoms with Crippen LogP contribution in [0.25, 0.3) is 0 Å². The first-order valence-electron chi connectivity index (χ1n) is 4.75. The van der Waals surface area contributed by atoms with E-state index in [0.29, 0.717) is 18.2 Å². The molecule has 0 saturated heterocycles. The van der Waals surface area contributed by atoms with E-state index in [1.54, 1.807) is 0 Å². The molecule has 0 radical (unpaired) electrons. The first kappa shape index (κ1) is 15.8. The monoisotopic (exact) mass is 301 g/mol. The number of nitrogens with one attached hydrogen (secondary N) is 1. The second-order valence-corrected chi connectivity index (χ2v) is 3.51. The number of anilines is 1. The fraction of sp³-hybridized carbons (Fsp3) is 0.200. The number of hydrogen-bond acceptors (Lipinski definition) is 3. The van der Waals surface area contributed by atoms with Crippen molar-refractivity contribution in [1.82, 2.24) is 0 Å². The number of phenols is 1. The van der Waals surface area contributed by atoms with Crippen molar-refractivity contribution in [3.63, 3.8) is 0 Å². The summed E-state index contributed by atoms with van der Waals surface area (Å²) in [5.74, 6) is -5.79. The first-order chi connectivity index (χ1) is 8.93. The Morgan fingerprint density at radius 1 is 1.00 bits per heavy atom. The minimum absolute atomic E-state index is 0.307. The highest BCUT2D eigenvalue weighted by atomic mass is 19.4. The van der Waals surface area contributed by atoms with Gasteiger partial charge in [-0.2, -0.15) is 26.3 Å². The third-order valence-corrected chi connectivity index (χ3v) is 2.02. The molecule has 20 heavy (non-hydrogen) atoms. The number of carbonyl (C=O) groups excluding carboxylic acids is 2. The highest BCUT2D eigenvalue weighted by Gasteiger charge is 2.40. The van der Waals surface area contributed by atoms with Gasteiger partial charge in [-0.05, 0) is 18.2 Å². The van der Waals surface area contributed by atoms with E-state index in [-0.39, 0.29) is 0 Å². The van der Waals surface area contributed by atoms with E-state index in [1.165, 1.54) is 5.32 Å². The summed E-state index contributed by atoms with van der Waals surface area (Å²) in [6, 6.07) is 1.39. The van der Waals surface area contributed by atoms with Crippen molar-refractivity contribution in [2.24, 2.45) is 0 Å². The van der Waals surface area contributed by atoms with Crippen LogP contribution in [0.2, 0.25) is 0 Å². The molecule has 0 fully saturated rings. The van der Waals surface area contributed by atoms with Crippen LogP contribution >= 0.6 is 0 Å². The SMILES string of the molecule is O=C(Nc1ccc(C(=O)C(F)(F)F)cc1O)C(F)(F)F. The van der Waals surface area contributed by atoms with E-state index in [9.17, 15) is 41.0 Å². The third kappa shape index (κ3) is 3.62. The summed E-state index contributed by atoms with van der Waals surface area (Å²) in [5, 5.41) is 10.5. The quantitative estimate of drug-likeness (QED) is 0.501. The largest absolute Gasteiger partial charge is 0.506 e. The minimum Gasteiger partial charge on any atom is -0.506 e. The molecule has 0 unspecified atom stereocenters. The molecule has 1 rings (SSSR count). The molecule has 0 bridgehead atoms. The standard InChI is InChI=1S/C10H5F6NO3/c11-9(12,13)7(19)4-1-2-5(6(18)3-4)17-8(20)10(14,15)16/h1-3,18H,(H,17,20). The van der Waals surface area contributed by atoms with Gasteiger partial charge in [0.2, 0.25) is 0 Å². The van der Waals surface area contributed by atoms with Crippen LogP contribution < -0.4 is 5.32 Å². The summed E-state index contributed by atoms with van der Waals surface area (Å²) >= 11 is 0. The highest BCUT2D eigenvalue weighted by Crippen LogP contribution is 2.29. The molecule has 10 heteroatoms. The van der Waals surface area contributed by atoms with Gasteiger partial charge in [-0.15, -0.1) is 0 Å². The fourth-order valence-corrected chi connectivity index (χ4v) is 1.14. The van der Waals surface area contributed by atoms with Gasteiger partial charge in [-0.3, -0.25) is 9.59 Å². The maximum absolute atomic E-state index is 12.1. The number of amides is 1. The average molecular weight is 301 g/mol. The zero-order chi connectivity index (χ0) is 15.7. The summed E-state index contributed by atoms with van der Waals surface area (Å²) in [6.07, 6.45) is -10.4. The van der Waals surface area contributed by atoms with Crippen LogP contribution in [0.4, 0.5) is 32.0 Å². The van der Waals surface area contributed by atoms with Gasteiger partial charge in [0, 0.05) is 5.56 Å². The number of hydrogen-bond donors (Lipinski definition) is 2. The lowest BCUT2D eigenvalue weighted by atomic mass is 10.1. The van der Waals surface area contributed by atoms with Gasteiger partial charge >= 0.3 is 18.3 Å². The van der Waals surface area contributed by atoms with Crippen molar-refractivity contribution in [2.45, 2.75) is 12.4 Å². The fourth-order valence-electron chi connectivity index (χ4n) is 1.14. The van der Waals surface area contributed by atoms with Gasteiger partial charge in [-0.1, -0.05) is 0 Å². The van der Waals surface area contributed by atoms with E-state index < -0.39 is 41.0 Å². The van der Waals surface area contributed by atoms with Crippen molar-refractivity contribution in [2.75, 3.05) is 5.32 Å². The molecule has 0 aromatic heterocycles. The molecule has 1 aromatic carbocycles. The van der Waals surface area contributed by atoms with Crippen LogP contribution in [0.3, 0.4) is 0 Å². The number of halogens is 6. The van der Waals surface area contributed by atoms with Crippen LogP contribution in [0.1, 0.15) is 10.4 Å². The molecule has 4 nitrogen and oxygen atoms in total. The summed E-state index contributed by atoms with van der Waals surface area (Å²) < 4.78 is 72.1. The van der Waals surface area contributed by atoms with Crippen molar-refractivity contribution in [1.29, 1.82) is 0 Å². The molecule has 1 amide bonds. The number of aromatic hydroxyl groups is 1. The number of Topliss-reactive ketones (excluding diaryl/α,β-unsaturated/α-hetero) is 1. The number of carbonyl (C=O) groups is 2. The Hall–Kier alpha value is -2.26. The smallest absolute Gasteiger partial charge is 0.471 e. The summed E-state index contributed by atoms with van der Waals surface area (Å²) in [7, 11) is 0. The van der Waals surface area contributed by atoms with Crippen LogP contribution in [0, 0.1) is 0 Å². The average Bonchev–Trinajstić information content (AvgIpc) is 2.28. The highest BCUT2D eigenvalue weighted by molar-refractivity contribution is 6.02. The number of benzene rings is 1. The minimum atomic E-state index is -5.23. The third-order valence-electron chi connectivity index (χ3n) is 2.02. The Balaban J connectivity index is 3.01. The van der Waals surface area contributed by atoms with Gasteiger partial charge in [0.1, 0.15) is 5.75 Å². The van der Waals surface area contributed by atoms with Gasteiger partial charge < -0.3 is 10.4 Å². The second-order valence-electron chi connectivity index (χ2n) is 3.51. The van der Waals surface area contributed by atoms with Crippen LogP contribution in [0.15, 0.2) is 18.2 Å². The summed E-state index contributed by atoms with van der Waals surface area (Å²) in [5.41, 5.74) is -1.74. The zero-order valence-electron chi connectivity index (χ0n) is 9.26. The normalized spacial score (nSPS) is 12.1. The molecular weight excluding hydrogens is 296 g/mol. The van der Waals surface area contributed by atoms with Crippen molar-refractivity contribution in [3.8, 4) is 5.75 Å². The lowest BCUT2D eigenvalue weighted by molar-refractivity contribution is -0.167. The lowest BCUT2D eigenvalue weighted by Gasteiger charge is -2.11. The Kier molecular flexibility index (Phi) is 3.97. The van der Waals surface area contributed by atoms with Crippen LogP contribution in [-0.2, 0) is 4.79 Å². The van der Waals surface area contributed by atoms with Gasteiger partial charge in [-0.25, -0.2) is 0 Å². The Morgan fingerprint density at radius 2 is 1.55 bits per heavy atom. The van der Waals surface area contributed by atoms with E-state index in [2.05, 4.69) is 0 Å². The molecule has 0 atom stereocenters. The Morgan fingerprint density at radius 3 is 1.95 bits per heavy atom. The zero-order valence-corrected chi connectivity index (χ0v) is 9.26. The van der Waals surface area contributed by atoms with E-state index in [4.69, 9.17) is 0 Å². The van der Waals surface area contributed by atoms with Crippen LogP contribution in [-0.4, -0.2) is 29.1 Å². The molecule has 0 spiro atoms. The molecule has 2 N–H and O–H groups in total. The van der Waals surface area contributed by atoms with E-state index in [1.807, 2.05) is 0 Å². The topological polar surface area (TPSA) is 66.4 Å². The summed E-state index contributed by atoms with van der Waals surface area (Å²) in [4.78, 5) is 21.4. The molecule has 1 aromatic rings. The molecule has 0 aliphatic heterocycles. The number of alkyl halides is 6. The van der Waals surface area contributed by atoms with Crippen molar-refractivity contribution >= 4 is 17.4 Å². The maximum Gasteiger partial charge on any atom is 0.471 e. The lowest BCUT2D eigenvalue weighted by Crippen LogP contribution is -2.30. The number of rotatable bonds is 2. The predicted molar refractivity (Wildman–Crippen MR) is 53.2 cm³/mol. The molecule has 0 saturated carbocycles. The summed E-state index contributed by atoms with van der Waals surface area (Å²) in [6.45, 7) is 0. The molecule has 0 aliphatic rings. The molecule has 110 valence electrons. The Bertz CT molecular complexity index is 549. The molecular formula is C10H5F6NO3. The Labute approximate surface area is 107 Å². The molecule has 0 heterocycles. The van der Waals surface area contributed by atoms with Gasteiger partial charge in [0.25, 0.3) is 5.78 Å². The maximum atomic E-state index is 12.1. The van der Waals surface area contributed by atoms with Crippen molar-refractivity contribution in [3.05, 3.63) is 23.8 Å². The van der Waals surface area contributed by atoms with Gasteiger partial charge in [0.05, 0.1) is 5.69 Å². The first-order valence-corrected chi connectivity index (χ1v) is 4.75. The van der Waals surface area contributed by atoms with E-state index >= 15 is 0 Å².